The molecule has 0 spiro atoms. The molecule has 0 bridgehead atoms. The second kappa shape index (κ2) is 5.34. The number of esters is 1. The zero-order chi connectivity index (χ0) is 11.3. The fourth-order valence-corrected chi connectivity index (χ4v) is 1.04. The van der Waals surface area contributed by atoms with Crippen LogP contribution in [0.2, 0.25) is 0 Å². The van der Waals surface area contributed by atoms with E-state index in [1.807, 2.05) is 13.8 Å². The highest BCUT2D eigenvalue weighted by Gasteiger charge is 2.09. The van der Waals surface area contributed by atoms with Gasteiger partial charge in [0.15, 0.2) is 0 Å². The van der Waals surface area contributed by atoms with Crippen molar-refractivity contribution in [1.82, 2.24) is 4.98 Å². The van der Waals surface area contributed by atoms with Gasteiger partial charge in [0.1, 0.15) is 0 Å². The predicted octanol–water partition coefficient (Wildman–Crippen LogP) is 1.55. The van der Waals surface area contributed by atoms with Crippen molar-refractivity contribution in [2.45, 2.75) is 32.8 Å². The van der Waals surface area contributed by atoms with Crippen LogP contribution < -0.4 is 5.73 Å². The second-order valence-corrected chi connectivity index (χ2v) is 3.47. The van der Waals surface area contributed by atoms with Crippen LogP contribution in [-0.2, 0) is 16.0 Å². The molecule has 1 unspecified atom stereocenters. The summed E-state index contributed by atoms with van der Waals surface area (Å²) in [5.74, 6) is -0.248. The van der Waals surface area contributed by atoms with Gasteiger partial charge in [-0.2, -0.15) is 0 Å². The molecule has 15 heavy (non-hydrogen) atoms. The molecule has 1 atom stereocenters. The first-order valence-corrected chi connectivity index (χ1v) is 5.01. The zero-order valence-electron chi connectivity index (χ0n) is 9.06. The van der Waals surface area contributed by atoms with Crippen LogP contribution in [0.1, 0.15) is 26.0 Å². The zero-order valence-corrected chi connectivity index (χ0v) is 9.06. The Morgan fingerprint density at radius 1 is 1.60 bits per heavy atom. The molecule has 0 aliphatic rings. The summed E-state index contributed by atoms with van der Waals surface area (Å²) in [4.78, 5) is 15.4. The van der Waals surface area contributed by atoms with Crippen LogP contribution in [0.25, 0.3) is 0 Å². The lowest BCUT2D eigenvalue weighted by Gasteiger charge is -2.10. The molecule has 0 amide bonds. The predicted molar refractivity (Wildman–Crippen MR) is 58.2 cm³/mol. The van der Waals surface area contributed by atoms with Crippen LogP contribution in [0.4, 0.5) is 5.69 Å². The SMILES string of the molecule is CCC(C)OC(=O)Cc1ccc(N)cn1. The number of carbonyl (C=O) groups excluding carboxylic acids is 1. The average molecular weight is 208 g/mol. The Morgan fingerprint density at radius 2 is 2.33 bits per heavy atom. The lowest BCUT2D eigenvalue weighted by molar-refractivity contribution is -0.147. The molecule has 0 aliphatic heterocycles. The van der Waals surface area contributed by atoms with Crippen LogP contribution in [0.5, 0.6) is 0 Å². The highest BCUT2D eigenvalue weighted by Crippen LogP contribution is 2.04. The molecule has 82 valence electrons. The Labute approximate surface area is 89.5 Å². The van der Waals surface area contributed by atoms with Crippen molar-refractivity contribution < 1.29 is 9.53 Å². The summed E-state index contributed by atoms with van der Waals surface area (Å²) in [6, 6.07) is 3.45. The van der Waals surface area contributed by atoms with Gasteiger partial charge in [-0.15, -0.1) is 0 Å². The van der Waals surface area contributed by atoms with E-state index in [0.717, 1.165) is 6.42 Å². The van der Waals surface area contributed by atoms with Gasteiger partial charge >= 0.3 is 5.97 Å². The lowest BCUT2D eigenvalue weighted by Crippen LogP contribution is -2.16. The van der Waals surface area contributed by atoms with E-state index >= 15 is 0 Å². The number of hydrogen-bond donors (Lipinski definition) is 1. The number of carbonyl (C=O) groups is 1. The Bertz CT molecular complexity index is 322. The number of nitrogens with two attached hydrogens (primary N) is 1. The van der Waals surface area contributed by atoms with Crippen molar-refractivity contribution in [2.24, 2.45) is 0 Å². The van der Waals surface area contributed by atoms with E-state index in [1.165, 1.54) is 6.20 Å². The topological polar surface area (TPSA) is 65.2 Å². The third kappa shape index (κ3) is 3.97. The molecular weight excluding hydrogens is 192 g/mol. The van der Waals surface area contributed by atoms with Gasteiger partial charge in [0.05, 0.1) is 30.1 Å². The molecule has 1 heterocycles. The monoisotopic (exact) mass is 208 g/mol. The van der Waals surface area contributed by atoms with Crippen molar-refractivity contribution in [3.8, 4) is 0 Å². The smallest absolute Gasteiger partial charge is 0.312 e. The third-order valence-corrected chi connectivity index (χ3v) is 2.08. The van der Waals surface area contributed by atoms with Crippen LogP contribution in [0, 0.1) is 0 Å². The van der Waals surface area contributed by atoms with E-state index < -0.39 is 0 Å². The van der Waals surface area contributed by atoms with Gasteiger partial charge in [0.25, 0.3) is 0 Å². The minimum atomic E-state index is -0.248. The van der Waals surface area contributed by atoms with Crippen LogP contribution in [0.15, 0.2) is 18.3 Å². The molecular formula is C11H16N2O2. The van der Waals surface area contributed by atoms with Gasteiger partial charge in [0.2, 0.25) is 0 Å². The highest BCUT2D eigenvalue weighted by atomic mass is 16.5. The van der Waals surface area contributed by atoms with E-state index in [-0.39, 0.29) is 18.5 Å². The first-order chi connectivity index (χ1) is 7.11. The molecule has 2 N–H and O–H groups in total. The summed E-state index contributed by atoms with van der Waals surface area (Å²) in [7, 11) is 0. The normalized spacial score (nSPS) is 12.1. The van der Waals surface area contributed by atoms with Crippen molar-refractivity contribution in [3.63, 3.8) is 0 Å². The van der Waals surface area contributed by atoms with Gasteiger partial charge in [-0.05, 0) is 25.5 Å². The van der Waals surface area contributed by atoms with E-state index in [0.29, 0.717) is 11.4 Å². The average Bonchev–Trinajstić information content (AvgIpc) is 2.21. The van der Waals surface area contributed by atoms with Gasteiger partial charge in [-0.3, -0.25) is 9.78 Å². The molecule has 0 saturated carbocycles. The maximum atomic E-state index is 11.4. The van der Waals surface area contributed by atoms with Crippen molar-refractivity contribution in [1.29, 1.82) is 0 Å². The first kappa shape index (κ1) is 11.5. The third-order valence-electron chi connectivity index (χ3n) is 2.08. The molecule has 1 aromatic heterocycles. The number of rotatable bonds is 4. The van der Waals surface area contributed by atoms with Crippen LogP contribution >= 0.6 is 0 Å². The summed E-state index contributed by atoms with van der Waals surface area (Å²) >= 11 is 0. The summed E-state index contributed by atoms with van der Waals surface area (Å²) in [5.41, 5.74) is 6.75. The van der Waals surface area contributed by atoms with E-state index in [1.54, 1.807) is 12.1 Å². The second-order valence-electron chi connectivity index (χ2n) is 3.47. The summed E-state index contributed by atoms with van der Waals surface area (Å²) in [6.45, 7) is 3.84. The minimum Gasteiger partial charge on any atom is -0.462 e. The van der Waals surface area contributed by atoms with Gasteiger partial charge in [-0.1, -0.05) is 6.92 Å². The van der Waals surface area contributed by atoms with E-state index in [4.69, 9.17) is 10.5 Å². The molecule has 0 fully saturated rings. The molecule has 0 aliphatic carbocycles. The molecule has 1 rings (SSSR count). The standard InChI is InChI=1S/C11H16N2O2/c1-3-8(2)15-11(14)6-10-5-4-9(12)7-13-10/h4-5,7-8H,3,6,12H2,1-2H3. The highest BCUT2D eigenvalue weighted by molar-refractivity contribution is 5.72. The van der Waals surface area contributed by atoms with E-state index in [2.05, 4.69) is 4.98 Å². The molecule has 0 radical (unpaired) electrons. The van der Waals surface area contributed by atoms with Gasteiger partial charge < -0.3 is 10.5 Å². The Morgan fingerprint density at radius 3 is 2.87 bits per heavy atom. The van der Waals surface area contributed by atoms with Gasteiger partial charge in [-0.25, -0.2) is 0 Å². The molecule has 4 heteroatoms. The Kier molecular flexibility index (Phi) is 4.09. The number of nitrogen functional groups attached to an aromatic ring is 1. The lowest BCUT2D eigenvalue weighted by atomic mass is 10.2. The number of aromatic nitrogens is 1. The summed E-state index contributed by atoms with van der Waals surface area (Å²) in [6.07, 6.45) is 2.52. The quantitative estimate of drug-likeness (QED) is 0.762. The number of ether oxygens (including phenoxy) is 1. The Hall–Kier alpha value is -1.58. The fraction of sp³-hybridized carbons (Fsp3) is 0.455. The van der Waals surface area contributed by atoms with Crippen molar-refractivity contribution >= 4 is 11.7 Å². The van der Waals surface area contributed by atoms with Crippen LogP contribution in [-0.4, -0.2) is 17.1 Å². The maximum absolute atomic E-state index is 11.4. The van der Waals surface area contributed by atoms with Gasteiger partial charge in [0, 0.05) is 0 Å². The number of anilines is 1. The van der Waals surface area contributed by atoms with Crippen molar-refractivity contribution in [2.75, 3.05) is 5.73 Å². The number of pyridine rings is 1. The Balaban J connectivity index is 2.48. The molecule has 0 aromatic carbocycles. The van der Waals surface area contributed by atoms with Crippen LogP contribution in [0.3, 0.4) is 0 Å². The maximum Gasteiger partial charge on any atom is 0.312 e. The first-order valence-electron chi connectivity index (χ1n) is 5.01. The summed E-state index contributed by atoms with van der Waals surface area (Å²) < 4.78 is 5.12. The van der Waals surface area contributed by atoms with Crippen molar-refractivity contribution in [3.05, 3.63) is 24.0 Å². The minimum absolute atomic E-state index is 0.0359. The number of hydrogen-bond acceptors (Lipinski definition) is 4. The fourth-order valence-electron chi connectivity index (χ4n) is 1.04. The largest absolute Gasteiger partial charge is 0.462 e. The molecule has 1 aromatic rings. The number of nitrogens with zero attached hydrogens (tertiary/aromatic N) is 1. The molecule has 4 nitrogen and oxygen atoms in total. The molecule has 0 saturated heterocycles. The summed E-state index contributed by atoms with van der Waals surface area (Å²) in [5, 5.41) is 0. The van der Waals surface area contributed by atoms with E-state index in [9.17, 15) is 4.79 Å².